The Labute approximate surface area is 106 Å². The van der Waals surface area contributed by atoms with Crippen LogP contribution in [-0.4, -0.2) is 35.8 Å². The maximum atomic E-state index is 11.2. The number of phenolic OH excluding ortho intramolecular Hbond substituents is 1. The lowest BCUT2D eigenvalue weighted by Crippen LogP contribution is -2.27. The van der Waals surface area contributed by atoms with Crippen LogP contribution in [0, 0.1) is 5.92 Å². The molecule has 1 atom stereocenters. The second-order valence-corrected chi connectivity index (χ2v) is 4.58. The Morgan fingerprint density at radius 3 is 2.89 bits per heavy atom. The van der Waals surface area contributed by atoms with E-state index in [9.17, 15) is 9.90 Å². The smallest absolute Gasteiger partial charge is 0.222 e. The highest BCUT2D eigenvalue weighted by atomic mass is 16.3. The average Bonchev–Trinajstić information content (AvgIpc) is 2.81. The fourth-order valence-corrected chi connectivity index (χ4v) is 2.44. The molecule has 0 saturated carbocycles. The number of aliphatic hydroxyl groups excluding tert-OH is 1. The Morgan fingerprint density at radius 2 is 2.28 bits per heavy atom. The molecule has 18 heavy (non-hydrogen) atoms. The van der Waals surface area contributed by atoms with Crippen molar-refractivity contribution in [1.82, 2.24) is 0 Å². The van der Waals surface area contributed by atoms with Gasteiger partial charge >= 0.3 is 0 Å². The Kier molecular flexibility index (Phi) is 3.72. The number of amides is 1. The highest BCUT2D eigenvalue weighted by molar-refractivity contribution is 5.78. The molecule has 0 radical (unpaired) electrons. The summed E-state index contributed by atoms with van der Waals surface area (Å²) in [6.07, 6.45) is 1.14. The van der Waals surface area contributed by atoms with Crippen LogP contribution >= 0.6 is 0 Å². The van der Waals surface area contributed by atoms with Gasteiger partial charge in [-0.3, -0.25) is 4.79 Å². The lowest BCUT2D eigenvalue weighted by atomic mass is 10.1. The fraction of sp³-hybridized carbons (Fsp3) is 0.462. The summed E-state index contributed by atoms with van der Waals surface area (Å²) in [6, 6.07) is 5.27. The van der Waals surface area contributed by atoms with E-state index in [1.165, 1.54) is 0 Å². The SMILES string of the molecule is NC(=O)C1CCN(c2cccc(O)c2CCO)C1. The molecule has 0 aromatic heterocycles. The molecule has 2 rings (SSSR count). The number of aromatic hydroxyl groups is 1. The Bertz CT molecular complexity index is 448. The van der Waals surface area contributed by atoms with Gasteiger partial charge in [-0.15, -0.1) is 0 Å². The maximum absolute atomic E-state index is 11.2. The number of hydrogen-bond acceptors (Lipinski definition) is 4. The molecular weight excluding hydrogens is 232 g/mol. The molecule has 1 saturated heterocycles. The van der Waals surface area contributed by atoms with Crippen LogP contribution in [-0.2, 0) is 11.2 Å². The molecule has 1 fully saturated rings. The normalized spacial score (nSPS) is 19.2. The number of primary amides is 1. The molecule has 1 aromatic carbocycles. The number of aliphatic hydroxyl groups is 1. The van der Waals surface area contributed by atoms with E-state index in [4.69, 9.17) is 10.8 Å². The first-order chi connectivity index (χ1) is 8.63. The topological polar surface area (TPSA) is 86.8 Å². The van der Waals surface area contributed by atoms with Gasteiger partial charge in [-0.1, -0.05) is 6.07 Å². The van der Waals surface area contributed by atoms with Crippen molar-refractivity contribution in [1.29, 1.82) is 0 Å². The monoisotopic (exact) mass is 250 g/mol. The van der Waals surface area contributed by atoms with Crippen LogP contribution in [0.25, 0.3) is 0 Å². The first-order valence-electron chi connectivity index (χ1n) is 6.09. The van der Waals surface area contributed by atoms with E-state index in [-0.39, 0.29) is 24.2 Å². The second kappa shape index (κ2) is 5.27. The molecule has 5 heteroatoms. The van der Waals surface area contributed by atoms with Gasteiger partial charge in [-0.05, 0) is 18.6 Å². The molecule has 1 aliphatic heterocycles. The zero-order valence-corrected chi connectivity index (χ0v) is 10.2. The zero-order valence-electron chi connectivity index (χ0n) is 10.2. The van der Waals surface area contributed by atoms with Gasteiger partial charge in [0.15, 0.2) is 0 Å². The number of anilines is 1. The molecule has 1 aromatic rings. The third-order valence-electron chi connectivity index (χ3n) is 3.42. The van der Waals surface area contributed by atoms with Crippen molar-refractivity contribution in [3.63, 3.8) is 0 Å². The van der Waals surface area contributed by atoms with E-state index < -0.39 is 0 Å². The molecule has 1 amide bonds. The van der Waals surface area contributed by atoms with Crippen LogP contribution in [0.3, 0.4) is 0 Å². The lowest BCUT2D eigenvalue weighted by molar-refractivity contribution is -0.121. The van der Waals surface area contributed by atoms with E-state index in [0.717, 1.165) is 24.2 Å². The summed E-state index contributed by atoms with van der Waals surface area (Å²) < 4.78 is 0. The predicted octanol–water partition coefficient (Wildman–Crippen LogP) is 0.239. The van der Waals surface area contributed by atoms with Gasteiger partial charge in [0.05, 0.1) is 5.92 Å². The van der Waals surface area contributed by atoms with Crippen LogP contribution in [0.1, 0.15) is 12.0 Å². The highest BCUT2D eigenvalue weighted by Gasteiger charge is 2.28. The summed E-state index contributed by atoms with van der Waals surface area (Å²) in [4.78, 5) is 13.2. The van der Waals surface area contributed by atoms with Crippen molar-refractivity contribution in [3.05, 3.63) is 23.8 Å². The minimum Gasteiger partial charge on any atom is -0.508 e. The van der Waals surface area contributed by atoms with E-state index in [2.05, 4.69) is 0 Å². The van der Waals surface area contributed by atoms with E-state index in [0.29, 0.717) is 13.0 Å². The molecule has 1 unspecified atom stereocenters. The summed E-state index contributed by atoms with van der Waals surface area (Å²) in [7, 11) is 0. The zero-order chi connectivity index (χ0) is 13.1. The number of hydrogen-bond donors (Lipinski definition) is 3. The number of carbonyl (C=O) groups is 1. The van der Waals surface area contributed by atoms with Gasteiger partial charge in [0.2, 0.25) is 5.91 Å². The van der Waals surface area contributed by atoms with Crippen LogP contribution < -0.4 is 10.6 Å². The van der Waals surface area contributed by atoms with Gasteiger partial charge in [0.25, 0.3) is 0 Å². The summed E-state index contributed by atoms with van der Waals surface area (Å²) in [5.41, 5.74) is 6.92. The van der Waals surface area contributed by atoms with E-state index in [1.807, 2.05) is 11.0 Å². The maximum Gasteiger partial charge on any atom is 0.222 e. The largest absolute Gasteiger partial charge is 0.508 e. The van der Waals surface area contributed by atoms with E-state index in [1.54, 1.807) is 12.1 Å². The van der Waals surface area contributed by atoms with E-state index >= 15 is 0 Å². The molecular formula is C13H18N2O3. The molecule has 0 bridgehead atoms. The number of nitrogens with two attached hydrogens (primary N) is 1. The van der Waals surface area contributed by atoms with Crippen LogP contribution in [0.5, 0.6) is 5.75 Å². The molecule has 1 heterocycles. The third kappa shape index (κ3) is 2.41. The number of phenols is 1. The van der Waals surface area contributed by atoms with Crippen LogP contribution in [0.15, 0.2) is 18.2 Å². The average molecular weight is 250 g/mol. The Hall–Kier alpha value is -1.75. The Balaban J connectivity index is 2.23. The first-order valence-corrected chi connectivity index (χ1v) is 6.09. The second-order valence-electron chi connectivity index (χ2n) is 4.58. The highest BCUT2D eigenvalue weighted by Crippen LogP contribution is 2.32. The minimum atomic E-state index is -0.277. The molecule has 4 N–H and O–H groups in total. The number of carbonyl (C=O) groups excluding carboxylic acids is 1. The molecule has 5 nitrogen and oxygen atoms in total. The quantitative estimate of drug-likeness (QED) is 0.714. The van der Waals surface area contributed by atoms with Gasteiger partial charge < -0.3 is 20.8 Å². The standard InChI is InChI=1S/C13H18N2O3/c14-13(18)9-4-6-15(8-9)11-2-1-3-12(17)10(11)5-7-16/h1-3,9,16-17H,4-8H2,(H2,14,18). The molecule has 0 spiro atoms. The van der Waals surface area contributed by atoms with Gasteiger partial charge in [-0.25, -0.2) is 0 Å². The fourth-order valence-electron chi connectivity index (χ4n) is 2.44. The van der Waals surface area contributed by atoms with Crippen molar-refractivity contribution in [2.45, 2.75) is 12.8 Å². The molecule has 0 aliphatic carbocycles. The molecule has 1 aliphatic rings. The van der Waals surface area contributed by atoms with Crippen molar-refractivity contribution in [2.24, 2.45) is 11.7 Å². The summed E-state index contributed by atoms with van der Waals surface area (Å²) >= 11 is 0. The lowest BCUT2D eigenvalue weighted by Gasteiger charge is -2.22. The van der Waals surface area contributed by atoms with Gasteiger partial charge in [0, 0.05) is 37.4 Å². The number of rotatable bonds is 4. The third-order valence-corrected chi connectivity index (χ3v) is 3.42. The Morgan fingerprint density at radius 1 is 1.50 bits per heavy atom. The minimum absolute atomic E-state index is 0.0162. The molecule has 98 valence electrons. The van der Waals surface area contributed by atoms with Crippen LogP contribution in [0.4, 0.5) is 5.69 Å². The summed E-state index contributed by atoms with van der Waals surface area (Å²) in [5, 5.41) is 18.9. The van der Waals surface area contributed by atoms with Crippen molar-refractivity contribution >= 4 is 11.6 Å². The van der Waals surface area contributed by atoms with Crippen molar-refractivity contribution in [3.8, 4) is 5.75 Å². The van der Waals surface area contributed by atoms with Crippen molar-refractivity contribution < 1.29 is 15.0 Å². The van der Waals surface area contributed by atoms with Crippen LogP contribution in [0.2, 0.25) is 0 Å². The summed E-state index contributed by atoms with van der Waals surface area (Å²) in [6.45, 7) is 1.31. The summed E-state index contributed by atoms with van der Waals surface area (Å²) in [5.74, 6) is -0.222. The van der Waals surface area contributed by atoms with Crippen molar-refractivity contribution in [2.75, 3.05) is 24.6 Å². The van der Waals surface area contributed by atoms with Gasteiger partial charge in [-0.2, -0.15) is 0 Å². The van der Waals surface area contributed by atoms with Gasteiger partial charge in [0.1, 0.15) is 5.75 Å². The first kappa shape index (κ1) is 12.7. The predicted molar refractivity (Wildman–Crippen MR) is 68.4 cm³/mol. The number of nitrogens with zero attached hydrogens (tertiary/aromatic N) is 1. The number of benzene rings is 1.